The van der Waals surface area contributed by atoms with Crippen molar-refractivity contribution in [1.29, 1.82) is 0 Å². The first kappa shape index (κ1) is 16.2. The van der Waals surface area contributed by atoms with E-state index in [1.54, 1.807) is 0 Å². The number of rotatable bonds is 4. The maximum atomic E-state index is 4.86. The summed E-state index contributed by atoms with van der Waals surface area (Å²) >= 11 is 0. The molecular weight excluding hydrogens is 262 g/mol. The van der Waals surface area contributed by atoms with Gasteiger partial charge in [-0.25, -0.2) is 9.97 Å². The molecule has 0 spiro atoms. The lowest BCUT2D eigenvalue weighted by Gasteiger charge is -2.27. The van der Waals surface area contributed by atoms with Gasteiger partial charge in [0.2, 0.25) is 0 Å². The zero-order valence-corrected chi connectivity index (χ0v) is 14.1. The van der Waals surface area contributed by atoms with E-state index in [4.69, 9.17) is 9.97 Å². The van der Waals surface area contributed by atoms with Crippen molar-refractivity contribution < 1.29 is 0 Å². The Kier molecular flexibility index (Phi) is 5.53. The Bertz CT molecular complexity index is 474. The molecule has 118 valence electrons. The Morgan fingerprint density at radius 1 is 1.19 bits per heavy atom. The highest BCUT2D eigenvalue weighted by Gasteiger charge is 2.25. The zero-order valence-electron chi connectivity index (χ0n) is 14.1. The number of nitrogens with zero attached hydrogens (tertiary/aromatic N) is 4. The quantitative estimate of drug-likeness (QED) is 0.920. The van der Waals surface area contributed by atoms with E-state index in [9.17, 15) is 0 Å². The lowest BCUT2D eigenvalue weighted by molar-refractivity contribution is 0.219. The topological polar surface area (TPSA) is 44.3 Å². The van der Waals surface area contributed by atoms with E-state index in [2.05, 4.69) is 50.0 Å². The van der Waals surface area contributed by atoms with Gasteiger partial charge in [-0.05, 0) is 53.9 Å². The second-order valence-electron chi connectivity index (χ2n) is 6.00. The lowest BCUT2D eigenvalue weighted by atomic mass is 10.1. The number of hydrogen-bond acceptors (Lipinski definition) is 5. The Morgan fingerprint density at radius 3 is 2.62 bits per heavy atom. The van der Waals surface area contributed by atoms with Crippen LogP contribution < -0.4 is 5.32 Å². The molecule has 0 saturated carbocycles. The van der Waals surface area contributed by atoms with Crippen LogP contribution in [0.3, 0.4) is 0 Å². The third-order valence-electron chi connectivity index (χ3n) is 4.31. The summed E-state index contributed by atoms with van der Waals surface area (Å²) in [6.07, 6.45) is 2.15. The molecule has 0 radical (unpaired) electrons. The van der Waals surface area contributed by atoms with Crippen molar-refractivity contribution in [2.24, 2.45) is 0 Å². The van der Waals surface area contributed by atoms with E-state index in [1.807, 2.05) is 0 Å². The van der Waals surface area contributed by atoms with Gasteiger partial charge in [0.25, 0.3) is 0 Å². The molecule has 1 aliphatic heterocycles. The molecule has 0 bridgehead atoms. The standard InChI is InChI=1S/C16H29N5/c1-6-13-12(3)15(17-7-2)19-16(18-13)14-11-20(4)9-8-10-21(14)5/h14H,6-11H2,1-5H3,(H,17,18,19). The van der Waals surface area contributed by atoms with E-state index in [0.717, 1.165) is 49.9 Å². The van der Waals surface area contributed by atoms with Gasteiger partial charge in [0.15, 0.2) is 0 Å². The molecule has 1 saturated heterocycles. The average Bonchev–Trinajstić information content (AvgIpc) is 2.63. The molecule has 0 amide bonds. The molecule has 0 aromatic carbocycles. The molecule has 1 aliphatic rings. The Hall–Kier alpha value is -1.20. The van der Waals surface area contributed by atoms with Crippen molar-refractivity contribution in [3.63, 3.8) is 0 Å². The van der Waals surface area contributed by atoms with Crippen molar-refractivity contribution in [2.75, 3.05) is 45.6 Å². The number of nitrogens with one attached hydrogen (secondary N) is 1. The predicted molar refractivity (Wildman–Crippen MR) is 87.8 cm³/mol. The minimum Gasteiger partial charge on any atom is -0.370 e. The van der Waals surface area contributed by atoms with Gasteiger partial charge in [-0.15, -0.1) is 0 Å². The van der Waals surface area contributed by atoms with Crippen molar-refractivity contribution in [3.8, 4) is 0 Å². The molecule has 5 heteroatoms. The number of hydrogen-bond donors (Lipinski definition) is 1. The van der Waals surface area contributed by atoms with Crippen LogP contribution >= 0.6 is 0 Å². The second-order valence-corrected chi connectivity index (χ2v) is 6.00. The van der Waals surface area contributed by atoms with Gasteiger partial charge < -0.3 is 10.2 Å². The van der Waals surface area contributed by atoms with Gasteiger partial charge in [-0.2, -0.15) is 0 Å². The smallest absolute Gasteiger partial charge is 0.149 e. The van der Waals surface area contributed by atoms with E-state index in [1.165, 1.54) is 12.0 Å². The molecule has 1 aromatic rings. The third-order valence-corrected chi connectivity index (χ3v) is 4.31. The van der Waals surface area contributed by atoms with Gasteiger partial charge in [-0.3, -0.25) is 4.90 Å². The van der Waals surface area contributed by atoms with Gasteiger partial charge >= 0.3 is 0 Å². The molecule has 5 nitrogen and oxygen atoms in total. The molecular formula is C16H29N5. The lowest BCUT2D eigenvalue weighted by Crippen LogP contribution is -2.32. The first-order valence-electron chi connectivity index (χ1n) is 8.06. The average molecular weight is 291 g/mol. The Labute approximate surface area is 128 Å². The zero-order chi connectivity index (χ0) is 15.4. The fourth-order valence-corrected chi connectivity index (χ4v) is 2.97. The van der Waals surface area contributed by atoms with Gasteiger partial charge in [-0.1, -0.05) is 6.92 Å². The van der Waals surface area contributed by atoms with Crippen molar-refractivity contribution in [2.45, 2.75) is 39.7 Å². The second kappa shape index (κ2) is 7.18. The summed E-state index contributed by atoms with van der Waals surface area (Å²) in [4.78, 5) is 14.5. The van der Waals surface area contributed by atoms with Crippen LogP contribution in [0.2, 0.25) is 0 Å². The van der Waals surface area contributed by atoms with E-state index >= 15 is 0 Å². The van der Waals surface area contributed by atoms with Crippen LogP contribution in [-0.2, 0) is 6.42 Å². The molecule has 1 unspecified atom stereocenters. The molecule has 1 aromatic heterocycles. The maximum Gasteiger partial charge on any atom is 0.149 e. The van der Waals surface area contributed by atoms with Crippen LogP contribution in [0.5, 0.6) is 0 Å². The number of likely N-dealkylation sites (N-methyl/N-ethyl adjacent to an activating group) is 2. The van der Waals surface area contributed by atoms with Crippen LogP contribution in [0, 0.1) is 6.92 Å². The monoisotopic (exact) mass is 291 g/mol. The third kappa shape index (κ3) is 3.71. The summed E-state index contributed by atoms with van der Waals surface area (Å²) < 4.78 is 0. The highest BCUT2D eigenvalue weighted by atomic mass is 15.2. The Morgan fingerprint density at radius 2 is 1.95 bits per heavy atom. The molecule has 1 atom stereocenters. The molecule has 0 aliphatic carbocycles. The highest BCUT2D eigenvalue weighted by molar-refractivity contribution is 5.46. The maximum absolute atomic E-state index is 4.86. The summed E-state index contributed by atoms with van der Waals surface area (Å²) in [5.41, 5.74) is 2.35. The van der Waals surface area contributed by atoms with E-state index in [0.29, 0.717) is 0 Å². The van der Waals surface area contributed by atoms with Gasteiger partial charge in [0.05, 0.1) is 6.04 Å². The molecule has 2 heterocycles. The minimum atomic E-state index is 0.279. The largest absolute Gasteiger partial charge is 0.370 e. The van der Waals surface area contributed by atoms with Crippen LogP contribution in [0.4, 0.5) is 5.82 Å². The van der Waals surface area contributed by atoms with Crippen molar-refractivity contribution >= 4 is 5.82 Å². The van der Waals surface area contributed by atoms with Crippen LogP contribution in [0.25, 0.3) is 0 Å². The fraction of sp³-hybridized carbons (Fsp3) is 0.750. The van der Waals surface area contributed by atoms with Crippen LogP contribution in [0.15, 0.2) is 0 Å². The predicted octanol–water partition coefficient (Wildman–Crippen LogP) is 2.09. The van der Waals surface area contributed by atoms with Gasteiger partial charge in [0, 0.05) is 24.3 Å². The SMILES string of the molecule is CCNc1nc(C2CN(C)CCCN2C)nc(CC)c1C. The first-order valence-corrected chi connectivity index (χ1v) is 8.06. The highest BCUT2D eigenvalue weighted by Crippen LogP contribution is 2.24. The summed E-state index contributed by atoms with van der Waals surface area (Å²) in [6.45, 7) is 10.5. The van der Waals surface area contributed by atoms with Crippen molar-refractivity contribution in [3.05, 3.63) is 17.1 Å². The number of aryl methyl sites for hydroxylation is 1. The summed E-state index contributed by atoms with van der Waals surface area (Å²) in [5.74, 6) is 1.96. The molecule has 1 N–H and O–H groups in total. The first-order chi connectivity index (χ1) is 10.1. The van der Waals surface area contributed by atoms with Crippen molar-refractivity contribution in [1.82, 2.24) is 19.8 Å². The van der Waals surface area contributed by atoms with Crippen LogP contribution in [0.1, 0.15) is 43.4 Å². The van der Waals surface area contributed by atoms with E-state index in [-0.39, 0.29) is 6.04 Å². The molecule has 2 rings (SSSR count). The normalized spacial score (nSPS) is 21.3. The fourth-order valence-electron chi connectivity index (χ4n) is 2.97. The summed E-state index contributed by atoms with van der Waals surface area (Å²) in [5, 5.41) is 3.39. The number of anilines is 1. The van der Waals surface area contributed by atoms with Crippen LogP contribution in [-0.4, -0.2) is 60.0 Å². The minimum absolute atomic E-state index is 0.279. The summed E-state index contributed by atoms with van der Waals surface area (Å²) in [7, 11) is 4.37. The van der Waals surface area contributed by atoms with Gasteiger partial charge in [0.1, 0.15) is 11.6 Å². The molecule has 1 fully saturated rings. The number of aromatic nitrogens is 2. The molecule has 21 heavy (non-hydrogen) atoms. The van der Waals surface area contributed by atoms with E-state index < -0.39 is 0 Å². The Balaban J connectivity index is 2.38. The summed E-state index contributed by atoms with van der Waals surface area (Å²) in [6, 6.07) is 0.279.